The molecule has 2 aliphatic carbocycles. The molecule has 2 aromatic rings. The molecule has 2 aliphatic rings. The highest BCUT2D eigenvalue weighted by molar-refractivity contribution is 6.99. The van der Waals surface area contributed by atoms with Gasteiger partial charge in [0.15, 0.2) is 0 Å². The molecule has 2 aromatic carbocycles. The molecule has 0 aliphatic heterocycles. The maximum atomic E-state index is 12.4. The molecule has 5 heteroatoms. The third kappa shape index (κ3) is 4.01. The molecule has 0 saturated heterocycles. The zero-order valence-corrected chi connectivity index (χ0v) is 19.8. The SMILES string of the molecule is COC(=O)CC(=O)[C@H]1[C@@H]2CC(O[Si](c3ccccc3)(c3ccccc3)C(C)(C)C)C[C@@H]21. The number of ketones is 1. The number of fused-ring (bicyclic) bond motifs is 1. The van der Waals surface area contributed by atoms with Crippen molar-refractivity contribution in [1.82, 2.24) is 0 Å². The van der Waals surface area contributed by atoms with E-state index in [9.17, 15) is 9.59 Å². The van der Waals surface area contributed by atoms with Gasteiger partial charge in [-0.05, 0) is 40.1 Å². The molecule has 164 valence electrons. The number of hydrogen-bond acceptors (Lipinski definition) is 4. The molecule has 0 N–H and O–H groups in total. The van der Waals surface area contributed by atoms with Crippen LogP contribution in [0, 0.1) is 17.8 Å². The Kier molecular flexibility index (Phi) is 5.92. The third-order valence-electron chi connectivity index (χ3n) is 7.08. The first-order chi connectivity index (χ1) is 14.8. The number of rotatable bonds is 7. The fourth-order valence-electron chi connectivity index (χ4n) is 5.64. The molecule has 0 spiro atoms. The molecular weight excluding hydrogens is 404 g/mol. The van der Waals surface area contributed by atoms with Crippen LogP contribution in [-0.4, -0.2) is 33.3 Å². The first-order valence-electron chi connectivity index (χ1n) is 11.2. The molecule has 31 heavy (non-hydrogen) atoms. The Bertz CT molecular complexity index is 883. The Balaban J connectivity index is 1.58. The number of methoxy groups -OCH3 is 1. The quantitative estimate of drug-likeness (QED) is 0.377. The van der Waals surface area contributed by atoms with Crippen LogP contribution in [0.25, 0.3) is 0 Å². The predicted molar refractivity (Wildman–Crippen MR) is 124 cm³/mol. The number of esters is 1. The minimum atomic E-state index is -2.56. The first kappa shape index (κ1) is 22.0. The van der Waals surface area contributed by atoms with Crippen molar-refractivity contribution in [2.75, 3.05) is 7.11 Å². The van der Waals surface area contributed by atoms with Gasteiger partial charge in [0.05, 0.1) is 7.11 Å². The lowest BCUT2D eigenvalue weighted by Crippen LogP contribution is -2.67. The van der Waals surface area contributed by atoms with Gasteiger partial charge in [-0.25, -0.2) is 0 Å². The van der Waals surface area contributed by atoms with E-state index in [1.165, 1.54) is 17.5 Å². The summed E-state index contributed by atoms with van der Waals surface area (Å²) < 4.78 is 11.9. The summed E-state index contributed by atoms with van der Waals surface area (Å²) in [6, 6.07) is 21.4. The van der Waals surface area contributed by atoms with Crippen molar-refractivity contribution in [3.05, 3.63) is 60.7 Å². The van der Waals surface area contributed by atoms with Gasteiger partial charge in [0, 0.05) is 12.0 Å². The molecule has 0 aromatic heterocycles. The van der Waals surface area contributed by atoms with Crippen LogP contribution in [0.2, 0.25) is 5.04 Å². The number of hydrogen-bond donors (Lipinski definition) is 0. The van der Waals surface area contributed by atoms with Gasteiger partial charge in [0.2, 0.25) is 0 Å². The Morgan fingerprint density at radius 1 is 0.903 bits per heavy atom. The number of benzene rings is 2. The van der Waals surface area contributed by atoms with Crippen LogP contribution in [0.5, 0.6) is 0 Å². The van der Waals surface area contributed by atoms with Gasteiger partial charge in [0.25, 0.3) is 8.32 Å². The number of carbonyl (C=O) groups excluding carboxylic acids is 2. The Labute approximate surface area is 186 Å². The van der Waals surface area contributed by atoms with Gasteiger partial charge >= 0.3 is 5.97 Å². The van der Waals surface area contributed by atoms with Crippen molar-refractivity contribution in [3.63, 3.8) is 0 Å². The highest BCUT2D eigenvalue weighted by atomic mass is 28.4. The van der Waals surface area contributed by atoms with E-state index < -0.39 is 14.3 Å². The topological polar surface area (TPSA) is 52.6 Å². The summed E-state index contributed by atoms with van der Waals surface area (Å²) in [6.07, 6.45) is 1.83. The molecule has 2 saturated carbocycles. The second-order valence-electron chi connectivity index (χ2n) is 9.95. The smallest absolute Gasteiger partial charge is 0.313 e. The predicted octanol–water partition coefficient (Wildman–Crippen LogP) is 3.72. The van der Waals surface area contributed by atoms with Crippen LogP contribution in [0.15, 0.2) is 60.7 Å². The molecule has 1 unspecified atom stereocenters. The average molecular weight is 437 g/mol. The monoisotopic (exact) mass is 436 g/mol. The van der Waals surface area contributed by atoms with Gasteiger partial charge in [-0.15, -0.1) is 0 Å². The van der Waals surface area contributed by atoms with Gasteiger partial charge in [-0.2, -0.15) is 0 Å². The van der Waals surface area contributed by atoms with E-state index in [0.717, 1.165) is 12.8 Å². The van der Waals surface area contributed by atoms with Crippen molar-refractivity contribution < 1.29 is 18.8 Å². The van der Waals surface area contributed by atoms with Gasteiger partial charge in [0.1, 0.15) is 12.2 Å². The lowest BCUT2D eigenvalue weighted by Gasteiger charge is -2.45. The molecule has 4 nitrogen and oxygen atoms in total. The van der Waals surface area contributed by atoms with Crippen LogP contribution >= 0.6 is 0 Å². The van der Waals surface area contributed by atoms with Gasteiger partial charge in [-0.3, -0.25) is 9.59 Å². The van der Waals surface area contributed by atoms with Crippen LogP contribution in [0.4, 0.5) is 0 Å². The number of ether oxygens (including phenoxy) is 1. The van der Waals surface area contributed by atoms with Crippen molar-refractivity contribution >= 4 is 30.4 Å². The molecule has 0 amide bonds. The molecule has 4 rings (SSSR count). The summed E-state index contributed by atoms with van der Waals surface area (Å²) in [5, 5.41) is 2.52. The largest absolute Gasteiger partial charge is 0.469 e. The highest BCUT2D eigenvalue weighted by Gasteiger charge is 2.61. The minimum absolute atomic E-state index is 0.0121. The molecule has 2 fully saturated rings. The first-order valence-corrected chi connectivity index (χ1v) is 13.1. The molecular formula is C26H32O4Si. The van der Waals surface area contributed by atoms with E-state index in [1.54, 1.807) is 0 Å². The second-order valence-corrected chi connectivity index (χ2v) is 14.2. The number of carbonyl (C=O) groups is 2. The summed E-state index contributed by atoms with van der Waals surface area (Å²) in [5.41, 5.74) is 0. The summed E-state index contributed by atoms with van der Waals surface area (Å²) in [4.78, 5) is 23.9. The van der Waals surface area contributed by atoms with Crippen LogP contribution in [0.3, 0.4) is 0 Å². The van der Waals surface area contributed by atoms with Crippen LogP contribution in [0.1, 0.15) is 40.0 Å². The van der Waals surface area contributed by atoms with E-state index in [2.05, 4.69) is 86.2 Å². The Hall–Kier alpha value is -2.24. The van der Waals surface area contributed by atoms with E-state index in [0.29, 0.717) is 11.8 Å². The minimum Gasteiger partial charge on any atom is -0.469 e. The van der Waals surface area contributed by atoms with Crippen molar-refractivity contribution in [1.29, 1.82) is 0 Å². The van der Waals surface area contributed by atoms with Crippen molar-refractivity contribution in [3.8, 4) is 0 Å². The van der Waals surface area contributed by atoms with Gasteiger partial charge < -0.3 is 9.16 Å². The van der Waals surface area contributed by atoms with Crippen LogP contribution in [-0.2, 0) is 18.8 Å². The highest BCUT2D eigenvalue weighted by Crippen LogP contribution is 2.59. The van der Waals surface area contributed by atoms with Crippen molar-refractivity contribution in [2.45, 2.75) is 51.2 Å². The van der Waals surface area contributed by atoms with Crippen LogP contribution < -0.4 is 10.4 Å². The Morgan fingerprint density at radius 3 is 1.81 bits per heavy atom. The summed E-state index contributed by atoms with van der Waals surface area (Å²) >= 11 is 0. The zero-order valence-electron chi connectivity index (χ0n) is 18.8. The standard InChI is InChI=1S/C26H32O4Si/c1-26(2,3)31(19-11-7-5-8-12-19,20-13-9-6-10-14-20)30-18-15-21-22(16-18)25(21)23(27)17-24(28)29-4/h5-14,18,21-22,25H,15-17H2,1-4H3/t18?,21-,22+,25+. The lowest BCUT2D eigenvalue weighted by molar-refractivity contribution is -0.143. The fraction of sp³-hybridized carbons (Fsp3) is 0.462. The normalized spacial score (nSPS) is 25.0. The van der Waals surface area contributed by atoms with E-state index in [4.69, 9.17) is 4.43 Å². The second kappa shape index (κ2) is 8.36. The average Bonchev–Trinajstić information content (AvgIpc) is 3.27. The summed E-state index contributed by atoms with van der Waals surface area (Å²) in [6.45, 7) is 6.87. The maximum Gasteiger partial charge on any atom is 0.313 e. The lowest BCUT2D eigenvalue weighted by atomic mass is 10.0. The third-order valence-corrected chi connectivity index (χ3v) is 12.2. The van der Waals surface area contributed by atoms with E-state index in [1.807, 2.05) is 0 Å². The van der Waals surface area contributed by atoms with E-state index >= 15 is 0 Å². The summed E-state index contributed by atoms with van der Waals surface area (Å²) in [5.74, 6) is 0.305. The maximum absolute atomic E-state index is 12.4. The summed E-state index contributed by atoms with van der Waals surface area (Å²) in [7, 11) is -1.23. The van der Waals surface area contributed by atoms with Crippen molar-refractivity contribution in [2.24, 2.45) is 17.8 Å². The Morgan fingerprint density at radius 2 is 1.39 bits per heavy atom. The zero-order chi connectivity index (χ0) is 22.2. The molecule has 0 bridgehead atoms. The number of Topliss-reactive ketones (excluding diaryl/α,β-unsaturated/α-hetero) is 1. The van der Waals surface area contributed by atoms with Gasteiger partial charge in [-0.1, -0.05) is 81.4 Å². The molecule has 4 atom stereocenters. The van der Waals surface area contributed by atoms with E-state index in [-0.39, 0.29) is 29.3 Å². The molecule has 0 radical (unpaired) electrons. The fourth-order valence-corrected chi connectivity index (χ4v) is 10.3. The molecule has 0 heterocycles.